The lowest BCUT2D eigenvalue weighted by molar-refractivity contribution is 0.278. The van der Waals surface area contributed by atoms with Crippen molar-refractivity contribution >= 4 is 13.4 Å². The van der Waals surface area contributed by atoms with Crippen LogP contribution in [0.4, 0.5) is 0 Å². The molecule has 0 aromatic heterocycles. The first kappa shape index (κ1) is 13.6. The molecule has 84 valence electrons. The van der Waals surface area contributed by atoms with E-state index in [1.807, 2.05) is 18.7 Å². The van der Waals surface area contributed by atoms with Gasteiger partial charge in [0, 0.05) is 27.3 Å². The molecule has 0 aromatic rings. The summed E-state index contributed by atoms with van der Waals surface area (Å²) in [5.74, 6) is 0.294. The third kappa shape index (κ3) is 3.78. The Morgan fingerprint density at radius 3 is 2.00 bits per heavy atom. The number of nitrogens with zero attached hydrogens (tertiary/aromatic N) is 1. The first-order valence-electron chi connectivity index (χ1n) is 4.55. The van der Waals surface area contributed by atoms with E-state index in [0.717, 1.165) is 13.1 Å². The molecule has 0 saturated carbocycles. The molecule has 0 amide bonds. The Morgan fingerprint density at radius 2 is 1.71 bits per heavy atom. The fraction of sp³-hybridized carbons (Fsp3) is 0.875. The summed E-state index contributed by atoms with van der Waals surface area (Å²) >= 11 is 0. The molecular formula is C8H19N2O3P. The Balaban J connectivity index is 4.36. The maximum atomic E-state index is 11.7. The lowest BCUT2D eigenvalue weighted by Crippen LogP contribution is -2.32. The summed E-state index contributed by atoms with van der Waals surface area (Å²) in [6.45, 7) is 5.34. The van der Waals surface area contributed by atoms with Crippen LogP contribution in [0, 0.1) is 5.41 Å². The van der Waals surface area contributed by atoms with Crippen molar-refractivity contribution in [1.82, 2.24) is 4.90 Å². The summed E-state index contributed by atoms with van der Waals surface area (Å²) < 4.78 is 21.2. The van der Waals surface area contributed by atoms with Crippen molar-refractivity contribution in [2.24, 2.45) is 0 Å². The minimum Gasteiger partial charge on any atom is -0.361 e. The number of rotatable bonds is 6. The van der Waals surface area contributed by atoms with Crippen LogP contribution < -0.4 is 0 Å². The van der Waals surface area contributed by atoms with Gasteiger partial charge in [-0.1, -0.05) is 0 Å². The third-order valence-corrected chi connectivity index (χ3v) is 3.84. The summed E-state index contributed by atoms with van der Waals surface area (Å²) in [5.41, 5.74) is 0. The molecule has 0 aliphatic heterocycles. The normalized spacial score (nSPS) is 11.4. The molecule has 0 aliphatic carbocycles. The first-order valence-corrected chi connectivity index (χ1v) is 6.28. The van der Waals surface area contributed by atoms with Gasteiger partial charge in [0.2, 0.25) is 0 Å². The number of nitrogens with one attached hydrogen (secondary N) is 1. The van der Waals surface area contributed by atoms with E-state index in [1.54, 1.807) is 0 Å². The Bertz CT molecular complexity index is 221. The van der Waals surface area contributed by atoms with Crippen molar-refractivity contribution in [3.63, 3.8) is 0 Å². The smallest absolute Gasteiger partial charge is 0.337 e. The van der Waals surface area contributed by atoms with Crippen LogP contribution in [0.25, 0.3) is 0 Å². The molecule has 0 radical (unpaired) electrons. The number of amidine groups is 1. The molecule has 0 atom stereocenters. The summed E-state index contributed by atoms with van der Waals surface area (Å²) in [7, 11) is -0.417. The lowest BCUT2D eigenvalue weighted by atomic mass is 10.5. The average Bonchev–Trinajstić information content (AvgIpc) is 2.19. The van der Waals surface area contributed by atoms with Crippen molar-refractivity contribution in [1.29, 1.82) is 5.41 Å². The predicted molar refractivity (Wildman–Crippen MR) is 57.1 cm³/mol. The van der Waals surface area contributed by atoms with E-state index in [1.165, 1.54) is 14.2 Å². The van der Waals surface area contributed by atoms with Crippen LogP contribution in [-0.4, -0.2) is 44.2 Å². The van der Waals surface area contributed by atoms with E-state index in [0.29, 0.717) is 5.84 Å². The van der Waals surface area contributed by atoms with E-state index in [9.17, 15) is 4.57 Å². The van der Waals surface area contributed by atoms with E-state index in [2.05, 4.69) is 0 Å². The Morgan fingerprint density at radius 1 is 1.29 bits per heavy atom. The summed E-state index contributed by atoms with van der Waals surface area (Å²) in [5, 5.41) is 7.70. The van der Waals surface area contributed by atoms with Crippen molar-refractivity contribution in [2.45, 2.75) is 13.8 Å². The molecule has 0 heterocycles. The van der Waals surface area contributed by atoms with E-state index >= 15 is 0 Å². The predicted octanol–water partition coefficient (Wildman–Crippen LogP) is 1.79. The molecule has 6 heteroatoms. The highest BCUT2D eigenvalue weighted by Gasteiger charge is 2.25. The molecular weight excluding hydrogens is 203 g/mol. The Hall–Kier alpha value is -0.380. The Kier molecular flexibility index (Phi) is 6.00. The number of hydrogen-bond acceptors (Lipinski definition) is 4. The molecule has 14 heavy (non-hydrogen) atoms. The molecule has 1 N–H and O–H groups in total. The highest BCUT2D eigenvalue weighted by atomic mass is 31.2. The van der Waals surface area contributed by atoms with E-state index in [4.69, 9.17) is 14.5 Å². The van der Waals surface area contributed by atoms with Gasteiger partial charge in [-0.2, -0.15) is 0 Å². The summed E-state index contributed by atoms with van der Waals surface area (Å²) in [4.78, 5) is 1.81. The molecule has 0 rings (SSSR count). The molecule has 0 spiro atoms. The van der Waals surface area contributed by atoms with Crippen LogP contribution in [0.3, 0.4) is 0 Å². The molecule has 0 bridgehead atoms. The van der Waals surface area contributed by atoms with Crippen molar-refractivity contribution in [3.8, 4) is 0 Å². The Labute approximate surface area is 85.4 Å². The van der Waals surface area contributed by atoms with Crippen LogP contribution in [0.15, 0.2) is 0 Å². The summed E-state index contributed by atoms with van der Waals surface area (Å²) in [6.07, 6.45) is 0.0294. The van der Waals surface area contributed by atoms with Gasteiger partial charge in [-0.3, -0.25) is 9.97 Å². The molecule has 0 aliphatic rings. The first-order chi connectivity index (χ1) is 6.52. The zero-order valence-corrected chi connectivity index (χ0v) is 10.1. The van der Waals surface area contributed by atoms with Crippen molar-refractivity contribution in [3.05, 3.63) is 0 Å². The highest BCUT2D eigenvalue weighted by molar-refractivity contribution is 7.54. The minimum atomic E-state index is -3.08. The second-order valence-electron chi connectivity index (χ2n) is 2.75. The van der Waals surface area contributed by atoms with Crippen LogP contribution in [0.5, 0.6) is 0 Å². The SMILES string of the molecule is CCN(CC)C(=N)CP(=O)(OC)OC. The van der Waals surface area contributed by atoms with Gasteiger partial charge in [0.1, 0.15) is 12.0 Å². The van der Waals surface area contributed by atoms with Gasteiger partial charge in [0.25, 0.3) is 0 Å². The standard InChI is InChI=1S/C8H19N2O3P/c1-5-10(6-2)8(9)7-14(11,12-3)13-4/h9H,5-7H2,1-4H3. The minimum absolute atomic E-state index is 0.0294. The summed E-state index contributed by atoms with van der Waals surface area (Å²) in [6, 6.07) is 0. The van der Waals surface area contributed by atoms with E-state index < -0.39 is 7.60 Å². The van der Waals surface area contributed by atoms with Crippen LogP contribution in [0.2, 0.25) is 0 Å². The molecule has 0 saturated heterocycles. The quantitative estimate of drug-likeness (QED) is 0.423. The van der Waals surface area contributed by atoms with Gasteiger partial charge >= 0.3 is 7.60 Å². The van der Waals surface area contributed by atoms with Crippen molar-refractivity contribution in [2.75, 3.05) is 33.5 Å². The molecule has 0 fully saturated rings. The van der Waals surface area contributed by atoms with Crippen molar-refractivity contribution < 1.29 is 13.6 Å². The highest BCUT2D eigenvalue weighted by Crippen LogP contribution is 2.46. The fourth-order valence-electron chi connectivity index (χ4n) is 1.09. The average molecular weight is 222 g/mol. The topological polar surface area (TPSA) is 62.6 Å². The van der Waals surface area contributed by atoms with Gasteiger partial charge < -0.3 is 13.9 Å². The monoisotopic (exact) mass is 222 g/mol. The molecule has 0 aromatic carbocycles. The molecule has 5 nitrogen and oxygen atoms in total. The van der Waals surface area contributed by atoms with Gasteiger partial charge in [-0.15, -0.1) is 0 Å². The lowest BCUT2D eigenvalue weighted by Gasteiger charge is -2.23. The van der Waals surface area contributed by atoms with Crippen LogP contribution in [-0.2, 0) is 13.6 Å². The largest absolute Gasteiger partial charge is 0.361 e. The fourth-order valence-corrected chi connectivity index (χ4v) is 2.07. The maximum Gasteiger partial charge on any atom is 0.337 e. The van der Waals surface area contributed by atoms with Gasteiger partial charge in [-0.25, -0.2) is 0 Å². The van der Waals surface area contributed by atoms with Crippen LogP contribution >= 0.6 is 7.60 Å². The van der Waals surface area contributed by atoms with Gasteiger partial charge in [-0.05, 0) is 13.8 Å². The zero-order valence-electron chi connectivity index (χ0n) is 9.24. The van der Waals surface area contributed by atoms with Gasteiger partial charge in [0.15, 0.2) is 0 Å². The number of hydrogen-bond donors (Lipinski definition) is 1. The zero-order chi connectivity index (χ0) is 11.2. The van der Waals surface area contributed by atoms with Gasteiger partial charge in [0.05, 0.1) is 0 Å². The van der Waals surface area contributed by atoms with Crippen LogP contribution in [0.1, 0.15) is 13.8 Å². The third-order valence-electron chi connectivity index (χ3n) is 2.04. The molecule has 0 unspecified atom stereocenters. The second kappa shape index (κ2) is 6.17. The van der Waals surface area contributed by atoms with E-state index in [-0.39, 0.29) is 6.16 Å². The maximum absolute atomic E-state index is 11.7. The second-order valence-corrected chi connectivity index (χ2v) is 5.02.